The quantitative estimate of drug-likeness (QED) is 0.414. The Morgan fingerprint density at radius 1 is 1.13 bits per heavy atom. The summed E-state index contributed by atoms with van der Waals surface area (Å²) in [6.45, 7) is 5.98. The summed E-state index contributed by atoms with van der Waals surface area (Å²) in [5, 5.41) is 10.7. The standard InChI is InChI=1S/C23H30N4O4/c1-29-21-8-4-5-9-22(21)31-17-18(28)16-27-20-7-3-2-6-19(20)26(23(27)24)11-10-25-12-14-30-15-13-25/h2-9,18,24,28H,10-17H2,1H3/p+2/t18-/m1/s1. The summed E-state index contributed by atoms with van der Waals surface area (Å²) in [6.07, 6.45) is -0.721. The number of imidazole rings is 1. The van der Waals surface area contributed by atoms with Crippen molar-refractivity contribution in [2.75, 3.05) is 52.3 Å². The van der Waals surface area contributed by atoms with E-state index in [1.807, 2.05) is 47.0 Å². The normalized spacial score (nSPS) is 15.8. The fourth-order valence-electron chi connectivity index (χ4n) is 4.11. The number of quaternary nitrogens is 1. The van der Waals surface area contributed by atoms with Crippen LogP contribution in [-0.2, 0) is 17.8 Å². The number of aliphatic hydroxyl groups is 1. The number of aromatic nitrogens is 2. The number of nitrogens with two attached hydrogens (primary N) is 1. The lowest BCUT2D eigenvalue weighted by atomic mass is 10.3. The Bertz CT molecular complexity index is 1000. The first-order chi connectivity index (χ1) is 15.2. The molecule has 0 radical (unpaired) electrons. The number of aliphatic hydroxyl groups excluding tert-OH is 1. The fraction of sp³-hybridized carbons (Fsp3) is 0.435. The number of anilines is 1. The number of benzene rings is 2. The van der Waals surface area contributed by atoms with Crippen LogP contribution in [0.15, 0.2) is 48.5 Å². The summed E-state index contributed by atoms with van der Waals surface area (Å²) in [7, 11) is 1.60. The number of fused-ring (bicyclic) bond motifs is 1. The van der Waals surface area contributed by atoms with E-state index in [1.54, 1.807) is 7.11 Å². The van der Waals surface area contributed by atoms with Gasteiger partial charge in [-0.15, -0.1) is 0 Å². The smallest absolute Gasteiger partial charge is 0.356 e. The zero-order chi connectivity index (χ0) is 21.6. The first-order valence-corrected chi connectivity index (χ1v) is 10.8. The number of rotatable bonds is 9. The van der Waals surface area contributed by atoms with Gasteiger partial charge >= 0.3 is 5.95 Å². The van der Waals surface area contributed by atoms with Crippen molar-refractivity contribution < 1.29 is 28.8 Å². The molecule has 1 atom stereocenters. The molecule has 0 unspecified atom stereocenters. The van der Waals surface area contributed by atoms with Crippen LogP contribution in [0.2, 0.25) is 0 Å². The van der Waals surface area contributed by atoms with Crippen LogP contribution in [-0.4, -0.2) is 62.3 Å². The van der Waals surface area contributed by atoms with Gasteiger partial charge < -0.3 is 24.2 Å². The lowest BCUT2D eigenvalue weighted by molar-refractivity contribution is -0.908. The topological polar surface area (TPSA) is 87.2 Å². The number of nitrogen functional groups attached to an aromatic ring is 1. The van der Waals surface area contributed by atoms with Crippen LogP contribution in [0.3, 0.4) is 0 Å². The van der Waals surface area contributed by atoms with Gasteiger partial charge in [0, 0.05) is 0 Å². The maximum Gasteiger partial charge on any atom is 0.356 e. The van der Waals surface area contributed by atoms with Crippen LogP contribution in [0.1, 0.15) is 0 Å². The number of nitrogens with zero attached hydrogens (tertiary/aromatic N) is 2. The molecule has 1 saturated heterocycles. The summed E-state index contributed by atoms with van der Waals surface area (Å²) in [5.74, 6) is 1.90. The van der Waals surface area contributed by atoms with E-state index in [2.05, 4.69) is 10.6 Å². The molecular weight excluding hydrogens is 396 g/mol. The second-order valence-electron chi connectivity index (χ2n) is 7.84. The highest BCUT2D eigenvalue weighted by molar-refractivity contribution is 5.73. The molecule has 0 bridgehead atoms. The van der Waals surface area contributed by atoms with Crippen LogP contribution in [0.5, 0.6) is 11.5 Å². The first-order valence-electron chi connectivity index (χ1n) is 10.8. The minimum absolute atomic E-state index is 0.143. The average molecular weight is 429 g/mol. The predicted octanol–water partition coefficient (Wildman–Crippen LogP) is -0.125. The molecule has 1 fully saturated rings. The number of para-hydroxylation sites is 4. The summed E-state index contributed by atoms with van der Waals surface area (Å²) >= 11 is 0. The van der Waals surface area contributed by atoms with E-state index >= 15 is 0 Å². The zero-order valence-corrected chi connectivity index (χ0v) is 18.0. The first kappa shape index (κ1) is 21.4. The third-order valence-electron chi connectivity index (χ3n) is 5.80. The van der Waals surface area contributed by atoms with Crippen molar-refractivity contribution in [3.8, 4) is 11.5 Å². The van der Waals surface area contributed by atoms with Crippen molar-refractivity contribution in [1.82, 2.24) is 4.57 Å². The molecule has 4 N–H and O–H groups in total. The van der Waals surface area contributed by atoms with Gasteiger partial charge in [-0.3, -0.25) is 5.73 Å². The van der Waals surface area contributed by atoms with E-state index in [0.29, 0.717) is 24.0 Å². The molecule has 0 aliphatic carbocycles. The molecule has 0 spiro atoms. The number of ether oxygens (including phenoxy) is 3. The summed E-state index contributed by atoms with van der Waals surface area (Å²) in [6, 6.07) is 15.5. The molecule has 0 saturated carbocycles. The zero-order valence-electron chi connectivity index (χ0n) is 18.0. The molecule has 8 nitrogen and oxygen atoms in total. The van der Waals surface area contributed by atoms with Crippen LogP contribution in [0.4, 0.5) is 5.95 Å². The van der Waals surface area contributed by atoms with Crippen molar-refractivity contribution in [3.63, 3.8) is 0 Å². The van der Waals surface area contributed by atoms with Crippen molar-refractivity contribution in [3.05, 3.63) is 48.5 Å². The number of hydrogen-bond donors (Lipinski definition) is 3. The second kappa shape index (κ2) is 10.00. The van der Waals surface area contributed by atoms with E-state index in [-0.39, 0.29) is 6.61 Å². The van der Waals surface area contributed by atoms with E-state index in [4.69, 9.17) is 19.9 Å². The molecule has 4 rings (SSSR count). The Kier molecular flexibility index (Phi) is 6.91. The molecule has 2 heterocycles. The third kappa shape index (κ3) is 4.92. The summed E-state index contributed by atoms with van der Waals surface area (Å²) in [4.78, 5) is 1.53. The van der Waals surface area contributed by atoms with Gasteiger partial charge in [0.05, 0.1) is 20.3 Å². The largest absolute Gasteiger partial charge is 0.493 e. The third-order valence-corrected chi connectivity index (χ3v) is 5.80. The minimum Gasteiger partial charge on any atom is -0.493 e. The molecule has 31 heavy (non-hydrogen) atoms. The molecule has 1 aliphatic heterocycles. The maximum atomic E-state index is 10.7. The fourth-order valence-corrected chi connectivity index (χ4v) is 4.11. The predicted molar refractivity (Wildman–Crippen MR) is 117 cm³/mol. The van der Waals surface area contributed by atoms with E-state index < -0.39 is 6.10 Å². The Balaban J connectivity index is 1.47. The molecule has 3 aromatic rings. The van der Waals surface area contributed by atoms with Crippen LogP contribution >= 0.6 is 0 Å². The van der Waals surface area contributed by atoms with Gasteiger partial charge in [0.15, 0.2) is 11.5 Å². The molecule has 1 aromatic heterocycles. The highest BCUT2D eigenvalue weighted by Gasteiger charge is 2.24. The van der Waals surface area contributed by atoms with E-state index in [1.165, 1.54) is 4.90 Å². The highest BCUT2D eigenvalue weighted by Crippen LogP contribution is 2.25. The molecule has 0 amide bonds. The summed E-state index contributed by atoms with van der Waals surface area (Å²) in [5.41, 5.74) is 8.64. The van der Waals surface area contributed by atoms with Crippen molar-refractivity contribution in [2.24, 2.45) is 0 Å². The van der Waals surface area contributed by atoms with Gasteiger partial charge in [0.25, 0.3) is 0 Å². The van der Waals surface area contributed by atoms with Gasteiger partial charge in [0.1, 0.15) is 56.5 Å². The van der Waals surface area contributed by atoms with Gasteiger partial charge in [-0.1, -0.05) is 24.3 Å². The van der Waals surface area contributed by atoms with Gasteiger partial charge in [-0.05, 0) is 24.3 Å². The Morgan fingerprint density at radius 2 is 1.84 bits per heavy atom. The Labute approximate surface area is 182 Å². The Morgan fingerprint density at radius 3 is 2.61 bits per heavy atom. The number of nitrogens with one attached hydrogen (secondary N) is 1. The van der Waals surface area contributed by atoms with Crippen molar-refractivity contribution in [2.45, 2.75) is 19.2 Å². The molecule has 1 aliphatic rings. The van der Waals surface area contributed by atoms with Crippen LogP contribution in [0.25, 0.3) is 11.0 Å². The van der Waals surface area contributed by atoms with Gasteiger partial charge in [0.2, 0.25) is 0 Å². The second-order valence-corrected chi connectivity index (χ2v) is 7.84. The van der Waals surface area contributed by atoms with Crippen LogP contribution in [0, 0.1) is 0 Å². The molecule has 2 aromatic carbocycles. The van der Waals surface area contributed by atoms with E-state index in [0.717, 1.165) is 50.4 Å². The molecular formula is C23H32N4O4+2. The van der Waals surface area contributed by atoms with Crippen molar-refractivity contribution in [1.29, 1.82) is 0 Å². The molecule has 166 valence electrons. The maximum absolute atomic E-state index is 10.7. The van der Waals surface area contributed by atoms with Gasteiger partial charge in [-0.2, -0.15) is 0 Å². The Hall–Kier alpha value is -2.81. The number of hydrogen-bond acceptors (Lipinski definition) is 5. The molecule has 8 heteroatoms. The summed E-state index contributed by atoms with van der Waals surface area (Å²) < 4.78 is 20.7. The van der Waals surface area contributed by atoms with Crippen molar-refractivity contribution >= 4 is 17.0 Å². The SMILES string of the molecule is COc1ccccc1OC[C@H](O)C[n+]1c(N)n(CC[NH+]2CCOCC2)c2ccccc21. The minimum atomic E-state index is -0.721. The number of morpholine rings is 1. The van der Waals surface area contributed by atoms with Gasteiger partial charge in [-0.25, -0.2) is 9.13 Å². The van der Waals surface area contributed by atoms with Crippen LogP contribution < -0.4 is 24.7 Å². The van der Waals surface area contributed by atoms with E-state index in [9.17, 15) is 5.11 Å². The number of methoxy groups -OCH3 is 1. The average Bonchev–Trinajstić information content (AvgIpc) is 3.08. The lowest BCUT2D eigenvalue weighted by Gasteiger charge is -2.23. The lowest BCUT2D eigenvalue weighted by Crippen LogP contribution is -3.14. The highest BCUT2D eigenvalue weighted by atomic mass is 16.5. The monoisotopic (exact) mass is 428 g/mol.